The molecule has 0 unspecified atom stereocenters. The molecule has 0 saturated heterocycles. The Balaban J connectivity index is 2.17. The molecule has 1 amide bonds. The molecule has 0 aliphatic carbocycles. The third-order valence-electron chi connectivity index (χ3n) is 3.15. The van der Waals surface area contributed by atoms with Crippen LogP contribution in [-0.4, -0.2) is 32.9 Å². The molecule has 2 N–H and O–H groups in total. The van der Waals surface area contributed by atoms with Crippen LogP contribution in [0.3, 0.4) is 0 Å². The molecule has 2 rings (SSSR count). The van der Waals surface area contributed by atoms with E-state index in [1.165, 1.54) is 18.3 Å². The molecule has 1 atom stereocenters. The number of aromatic nitrogens is 1. The van der Waals surface area contributed by atoms with Gasteiger partial charge in [-0.15, -0.1) is 0 Å². The number of rotatable bonds is 6. The van der Waals surface area contributed by atoms with Crippen molar-refractivity contribution in [2.75, 3.05) is 0 Å². The number of carbonyl (C=O) groups is 2. The molecule has 124 valence electrons. The smallest absolute Gasteiger partial charge is 0.326 e. The number of carboxylic acids is 1. The maximum Gasteiger partial charge on any atom is 0.326 e. The number of nitrogens with one attached hydrogen (secondary N) is 1. The van der Waals surface area contributed by atoms with E-state index in [2.05, 4.69) is 10.3 Å². The van der Waals surface area contributed by atoms with Gasteiger partial charge in [-0.25, -0.2) is 4.79 Å². The molecule has 2 aromatic rings. The Kier molecular flexibility index (Phi) is 5.15. The number of nitrogens with zero attached hydrogens (tertiary/aromatic N) is 2. The van der Waals surface area contributed by atoms with Crippen LogP contribution in [0.1, 0.15) is 16.1 Å². The first-order valence-corrected chi connectivity index (χ1v) is 6.76. The fourth-order valence-electron chi connectivity index (χ4n) is 1.99. The van der Waals surface area contributed by atoms with Gasteiger partial charge in [0.1, 0.15) is 11.7 Å². The standard InChI is InChI=1S/C15H12FN3O5/c16-10-5-4-9(8-13(10)19(23)24)7-12(15(21)22)18-14(20)11-3-1-2-6-17-11/h1-6,8,12H,7H2,(H,18,20)(H,21,22)/t12-/m1/s1. The Morgan fingerprint density at radius 2 is 2.08 bits per heavy atom. The van der Waals surface area contributed by atoms with Crippen LogP contribution in [-0.2, 0) is 11.2 Å². The van der Waals surface area contributed by atoms with Crippen molar-refractivity contribution < 1.29 is 24.0 Å². The highest BCUT2D eigenvalue weighted by Gasteiger charge is 2.23. The number of aliphatic carboxylic acids is 1. The third kappa shape index (κ3) is 4.09. The zero-order chi connectivity index (χ0) is 17.7. The van der Waals surface area contributed by atoms with Crippen LogP contribution in [0.25, 0.3) is 0 Å². The van der Waals surface area contributed by atoms with E-state index in [0.29, 0.717) is 0 Å². The van der Waals surface area contributed by atoms with Crippen molar-refractivity contribution in [1.29, 1.82) is 0 Å². The van der Waals surface area contributed by atoms with Crippen LogP contribution in [0, 0.1) is 15.9 Å². The van der Waals surface area contributed by atoms with E-state index in [1.54, 1.807) is 12.1 Å². The topological polar surface area (TPSA) is 122 Å². The lowest BCUT2D eigenvalue weighted by atomic mass is 10.0. The van der Waals surface area contributed by atoms with Gasteiger partial charge in [-0.1, -0.05) is 12.1 Å². The van der Waals surface area contributed by atoms with Crippen molar-refractivity contribution in [1.82, 2.24) is 10.3 Å². The second kappa shape index (κ2) is 7.27. The van der Waals surface area contributed by atoms with E-state index < -0.39 is 34.3 Å². The Bertz CT molecular complexity index is 782. The summed E-state index contributed by atoms with van der Waals surface area (Å²) in [5.41, 5.74) is -0.515. The first kappa shape index (κ1) is 17.0. The molecule has 0 aliphatic heterocycles. The molecule has 8 nitrogen and oxygen atoms in total. The summed E-state index contributed by atoms with van der Waals surface area (Å²) in [7, 11) is 0. The Hall–Kier alpha value is -3.36. The molecule has 0 bridgehead atoms. The Morgan fingerprint density at radius 1 is 1.33 bits per heavy atom. The van der Waals surface area contributed by atoms with E-state index >= 15 is 0 Å². The number of nitro groups is 1. The van der Waals surface area contributed by atoms with Gasteiger partial charge in [0.2, 0.25) is 5.82 Å². The van der Waals surface area contributed by atoms with Crippen molar-refractivity contribution >= 4 is 17.6 Å². The Morgan fingerprint density at radius 3 is 2.67 bits per heavy atom. The molecular formula is C15H12FN3O5. The van der Waals surface area contributed by atoms with Crippen LogP contribution in [0.5, 0.6) is 0 Å². The molecule has 0 radical (unpaired) electrons. The van der Waals surface area contributed by atoms with Gasteiger partial charge in [-0.05, 0) is 23.8 Å². The second-order valence-electron chi connectivity index (χ2n) is 4.83. The van der Waals surface area contributed by atoms with Crippen molar-refractivity contribution in [3.05, 3.63) is 69.8 Å². The zero-order valence-corrected chi connectivity index (χ0v) is 12.2. The molecule has 0 aliphatic rings. The highest BCUT2D eigenvalue weighted by atomic mass is 19.1. The summed E-state index contributed by atoms with van der Waals surface area (Å²) in [4.78, 5) is 36.9. The van der Waals surface area contributed by atoms with Gasteiger partial charge in [0.05, 0.1) is 4.92 Å². The molecule has 1 aromatic heterocycles. The summed E-state index contributed by atoms with van der Waals surface area (Å²) in [5.74, 6) is -3.04. The number of halogens is 1. The van der Waals surface area contributed by atoms with E-state index in [9.17, 15) is 29.2 Å². The largest absolute Gasteiger partial charge is 0.480 e. The van der Waals surface area contributed by atoms with E-state index in [0.717, 1.165) is 12.1 Å². The van der Waals surface area contributed by atoms with E-state index in [1.807, 2.05) is 0 Å². The van der Waals surface area contributed by atoms with Gasteiger partial charge in [0.25, 0.3) is 5.91 Å². The SMILES string of the molecule is O=C(N[C@H](Cc1ccc(F)c([N+](=O)[O-])c1)C(=O)O)c1ccccn1. The van der Waals surface area contributed by atoms with Crippen molar-refractivity contribution in [2.24, 2.45) is 0 Å². The summed E-state index contributed by atoms with van der Waals surface area (Å²) in [6, 6.07) is 6.29. The minimum absolute atomic E-state index is 0.0360. The average molecular weight is 333 g/mol. The maximum absolute atomic E-state index is 13.3. The molecular weight excluding hydrogens is 321 g/mol. The lowest BCUT2D eigenvalue weighted by Crippen LogP contribution is -2.42. The quantitative estimate of drug-likeness (QED) is 0.611. The maximum atomic E-state index is 13.3. The molecule has 0 spiro atoms. The number of carbonyl (C=O) groups excluding carboxylic acids is 1. The number of nitro benzene ring substituents is 1. The van der Waals surface area contributed by atoms with Crippen LogP contribution in [0.15, 0.2) is 42.6 Å². The number of hydrogen-bond donors (Lipinski definition) is 2. The number of carboxylic acid groups (broad SMARTS) is 1. The number of hydrogen-bond acceptors (Lipinski definition) is 5. The van der Waals surface area contributed by atoms with E-state index in [4.69, 9.17) is 0 Å². The fourth-order valence-corrected chi connectivity index (χ4v) is 1.99. The van der Waals surface area contributed by atoms with Gasteiger partial charge >= 0.3 is 11.7 Å². The van der Waals surface area contributed by atoms with Crippen LogP contribution < -0.4 is 5.32 Å². The summed E-state index contributed by atoms with van der Waals surface area (Å²) in [6.07, 6.45) is 1.14. The predicted molar refractivity (Wildman–Crippen MR) is 79.9 cm³/mol. The van der Waals surface area contributed by atoms with Gasteiger partial charge in [0.15, 0.2) is 0 Å². The molecule has 0 saturated carbocycles. The van der Waals surface area contributed by atoms with Crippen molar-refractivity contribution in [3.63, 3.8) is 0 Å². The lowest BCUT2D eigenvalue weighted by Gasteiger charge is -2.14. The summed E-state index contributed by atoms with van der Waals surface area (Å²) in [6.45, 7) is 0. The molecule has 9 heteroatoms. The van der Waals surface area contributed by atoms with Crippen molar-refractivity contribution in [2.45, 2.75) is 12.5 Å². The summed E-state index contributed by atoms with van der Waals surface area (Å²) in [5, 5.41) is 22.2. The average Bonchev–Trinajstić information content (AvgIpc) is 2.56. The first-order chi connectivity index (χ1) is 11.4. The molecule has 24 heavy (non-hydrogen) atoms. The normalized spacial score (nSPS) is 11.5. The number of pyridine rings is 1. The van der Waals surface area contributed by atoms with Gasteiger partial charge in [-0.3, -0.25) is 19.9 Å². The number of amides is 1. The van der Waals surface area contributed by atoms with Crippen LogP contribution in [0.2, 0.25) is 0 Å². The number of benzene rings is 1. The van der Waals surface area contributed by atoms with Gasteiger partial charge in [0, 0.05) is 18.7 Å². The summed E-state index contributed by atoms with van der Waals surface area (Å²) < 4.78 is 13.3. The second-order valence-corrected chi connectivity index (χ2v) is 4.83. The lowest BCUT2D eigenvalue weighted by molar-refractivity contribution is -0.387. The molecule has 1 heterocycles. The summed E-state index contributed by atoms with van der Waals surface area (Å²) >= 11 is 0. The predicted octanol–water partition coefficient (Wildman–Crippen LogP) is 1.55. The van der Waals surface area contributed by atoms with Gasteiger partial charge < -0.3 is 10.4 Å². The molecule has 1 aromatic carbocycles. The minimum Gasteiger partial charge on any atom is -0.480 e. The highest BCUT2D eigenvalue weighted by Crippen LogP contribution is 2.19. The van der Waals surface area contributed by atoms with Crippen LogP contribution in [0.4, 0.5) is 10.1 Å². The fraction of sp³-hybridized carbons (Fsp3) is 0.133. The molecule has 0 fully saturated rings. The highest BCUT2D eigenvalue weighted by molar-refractivity contribution is 5.94. The zero-order valence-electron chi connectivity index (χ0n) is 12.2. The third-order valence-corrected chi connectivity index (χ3v) is 3.15. The van der Waals surface area contributed by atoms with Crippen molar-refractivity contribution in [3.8, 4) is 0 Å². The first-order valence-electron chi connectivity index (χ1n) is 6.76. The Labute approximate surface area is 135 Å². The minimum atomic E-state index is -1.34. The van der Waals surface area contributed by atoms with Crippen LogP contribution >= 0.6 is 0 Å². The van der Waals surface area contributed by atoms with Gasteiger partial charge in [-0.2, -0.15) is 4.39 Å². The monoisotopic (exact) mass is 333 g/mol. The van der Waals surface area contributed by atoms with E-state index in [-0.39, 0.29) is 17.7 Å².